The molecule has 74 valence electrons. The Labute approximate surface area is 86.5 Å². The molecule has 14 heavy (non-hydrogen) atoms. The minimum Gasteiger partial charge on any atom is -0.258 e. The Morgan fingerprint density at radius 2 is 2.14 bits per heavy atom. The van der Waals surface area contributed by atoms with Gasteiger partial charge in [-0.2, -0.15) is 13.7 Å². The fourth-order valence-corrected chi connectivity index (χ4v) is 1.53. The molecule has 0 aliphatic rings. The molecule has 0 spiro atoms. The van der Waals surface area contributed by atoms with Gasteiger partial charge in [-0.25, -0.2) is 0 Å². The summed E-state index contributed by atoms with van der Waals surface area (Å²) in [6.45, 7) is 1.58. The molecule has 0 radical (unpaired) electrons. The third-order valence-corrected chi connectivity index (χ3v) is 2.33. The maximum Gasteiger partial charge on any atom is 0.335 e. The van der Waals surface area contributed by atoms with Crippen LogP contribution in [-0.4, -0.2) is 13.3 Å². The molecule has 8 heteroatoms. The molecule has 0 unspecified atom stereocenters. The summed E-state index contributed by atoms with van der Waals surface area (Å²) in [7, 11) is 0. The highest BCUT2D eigenvalue weighted by Gasteiger charge is 2.15. The maximum absolute atomic E-state index is 10.3. The van der Waals surface area contributed by atoms with Crippen LogP contribution < -0.4 is 0 Å². The van der Waals surface area contributed by atoms with Crippen molar-refractivity contribution in [2.45, 2.75) is 6.92 Å². The summed E-state index contributed by atoms with van der Waals surface area (Å²) in [5, 5.41) is 20.3. The van der Waals surface area contributed by atoms with E-state index in [1.165, 1.54) is 5.38 Å². The van der Waals surface area contributed by atoms with Gasteiger partial charge in [0.2, 0.25) is 0 Å². The van der Waals surface area contributed by atoms with Crippen LogP contribution in [0.3, 0.4) is 0 Å². The first kappa shape index (κ1) is 12.4. The van der Waals surface area contributed by atoms with Gasteiger partial charge < -0.3 is 0 Å². The van der Waals surface area contributed by atoms with Crippen LogP contribution in [0.15, 0.2) is 5.38 Å². The Morgan fingerprint density at radius 3 is 2.36 bits per heavy atom. The van der Waals surface area contributed by atoms with Gasteiger partial charge in [0.15, 0.2) is 0 Å². The number of rotatable bonds is 1. The monoisotopic (exact) mass is 232 g/mol. The molecule has 1 aromatic rings. The zero-order chi connectivity index (χ0) is 11.1. The van der Waals surface area contributed by atoms with Crippen LogP contribution in [0.2, 0.25) is 0 Å². The van der Waals surface area contributed by atoms with Crippen molar-refractivity contribution in [2.24, 2.45) is 0 Å². The lowest BCUT2D eigenvalue weighted by Gasteiger charge is -1.85. The van der Waals surface area contributed by atoms with Gasteiger partial charge in [-0.3, -0.25) is 10.1 Å². The number of hydrogen-bond acceptors (Lipinski definition) is 6. The minimum atomic E-state index is -0.750. The molecule has 6 nitrogen and oxygen atoms in total. The molecule has 1 aromatic heterocycles. The summed E-state index contributed by atoms with van der Waals surface area (Å²) >= 11 is 0.237. The van der Waals surface area contributed by atoms with Gasteiger partial charge in [-0.1, -0.05) is 11.3 Å². The molecular formula is C6H4N2O4S2. The van der Waals surface area contributed by atoms with Crippen LogP contribution in [0.5, 0.6) is 0 Å². The second-order valence-corrected chi connectivity index (χ2v) is 3.01. The zero-order valence-electron chi connectivity index (χ0n) is 6.92. The van der Waals surface area contributed by atoms with E-state index in [0.29, 0.717) is 11.1 Å². The first-order chi connectivity index (χ1) is 6.58. The van der Waals surface area contributed by atoms with Crippen LogP contribution in [0.25, 0.3) is 0 Å². The van der Waals surface area contributed by atoms with Gasteiger partial charge in [0, 0.05) is 5.38 Å². The Bertz CT molecular complexity index is 414. The molecule has 0 bridgehead atoms. The van der Waals surface area contributed by atoms with Gasteiger partial charge in [0.05, 0.1) is 16.1 Å². The third-order valence-electron chi connectivity index (χ3n) is 1.30. The summed E-state index contributed by atoms with van der Waals surface area (Å²) < 4.78 is 16.6. The van der Waals surface area contributed by atoms with E-state index in [2.05, 4.69) is 0 Å². The molecule has 1 heterocycles. The van der Waals surface area contributed by atoms with Crippen molar-refractivity contribution < 1.29 is 13.3 Å². The third kappa shape index (κ3) is 3.04. The molecule has 0 saturated heterocycles. The van der Waals surface area contributed by atoms with Crippen molar-refractivity contribution in [1.82, 2.24) is 0 Å². The Balaban J connectivity index is 0.000000500. The molecule has 0 atom stereocenters. The number of thiophene rings is 1. The highest BCUT2D eigenvalue weighted by atomic mass is 32.1. The lowest BCUT2D eigenvalue weighted by molar-refractivity contribution is -0.380. The Kier molecular flexibility index (Phi) is 5.28. The van der Waals surface area contributed by atoms with Crippen LogP contribution in [0, 0.1) is 28.4 Å². The zero-order valence-corrected chi connectivity index (χ0v) is 8.55. The lowest BCUT2D eigenvalue weighted by Crippen LogP contribution is -1.86. The number of nitro groups is 1. The second-order valence-electron chi connectivity index (χ2n) is 2.02. The average molecular weight is 232 g/mol. The number of hydrogen-bond donors (Lipinski definition) is 0. The van der Waals surface area contributed by atoms with Crippen molar-refractivity contribution >= 4 is 27.9 Å². The van der Waals surface area contributed by atoms with Crippen molar-refractivity contribution in [2.75, 3.05) is 0 Å². The van der Waals surface area contributed by atoms with Crippen LogP contribution in [0.4, 0.5) is 5.00 Å². The summed E-state index contributed by atoms with van der Waals surface area (Å²) in [5.41, 5.74) is 0.851. The lowest BCUT2D eigenvalue weighted by atomic mass is 10.2. The highest BCUT2D eigenvalue weighted by Crippen LogP contribution is 2.28. The van der Waals surface area contributed by atoms with E-state index in [-0.39, 0.29) is 5.00 Å². The van der Waals surface area contributed by atoms with E-state index >= 15 is 0 Å². The molecule has 0 saturated carbocycles. The summed E-state index contributed by atoms with van der Waals surface area (Å²) in [4.78, 5) is 9.79. The van der Waals surface area contributed by atoms with Crippen molar-refractivity contribution in [3.8, 4) is 6.07 Å². The number of nitriles is 1. The van der Waals surface area contributed by atoms with E-state index in [0.717, 1.165) is 11.3 Å². The van der Waals surface area contributed by atoms with E-state index in [4.69, 9.17) is 13.7 Å². The van der Waals surface area contributed by atoms with Crippen molar-refractivity contribution in [1.29, 1.82) is 5.26 Å². The standard InChI is InChI=1S/C6H4N2O2S.O2S/c1-4-5(2-7)3-11-6(4)8(9)10;1-3-2/h3H,1H3;. The van der Waals surface area contributed by atoms with Crippen molar-refractivity contribution in [3.63, 3.8) is 0 Å². The predicted molar refractivity (Wildman–Crippen MR) is 49.3 cm³/mol. The SMILES string of the molecule is Cc1c(C#N)csc1[N+](=O)[O-].O=S=O. The normalized spacial score (nSPS) is 8.00. The van der Waals surface area contributed by atoms with Gasteiger partial charge >= 0.3 is 16.6 Å². The van der Waals surface area contributed by atoms with Gasteiger partial charge in [-0.05, 0) is 6.92 Å². The minimum absolute atomic E-state index is 0.0570. The number of nitrogens with zero attached hydrogens (tertiary/aromatic N) is 2. The Hall–Kier alpha value is -1.59. The van der Waals surface area contributed by atoms with Gasteiger partial charge in [0.1, 0.15) is 6.07 Å². The summed E-state index contributed by atoms with van der Waals surface area (Å²) in [6, 6.07) is 1.88. The fraction of sp³-hybridized carbons (Fsp3) is 0.167. The van der Waals surface area contributed by atoms with Crippen molar-refractivity contribution in [3.05, 3.63) is 26.6 Å². The smallest absolute Gasteiger partial charge is 0.258 e. The quantitative estimate of drug-likeness (QED) is 0.534. The molecule has 0 N–H and O–H groups in total. The molecular weight excluding hydrogens is 228 g/mol. The largest absolute Gasteiger partial charge is 0.335 e. The summed E-state index contributed by atoms with van der Waals surface area (Å²) in [5.74, 6) is 0. The molecule has 0 aliphatic heterocycles. The first-order valence-corrected chi connectivity index (χ1v) is 4.67. The maximum atomic E-state index is 10.3. The molecule has 1 rings (SSSR count). The van der Waals surface area contributed by atoms with E-state index < -0.39 is 16.5 Å². The highest BCUT2D eigenvalue weighted by molar-refractivity contribution is 7.51. The topological polar surface area (TPSA) is 101 Å². The van der Waals surface area contributed by atoms with Crippen LogP contribution >= 0.6 is 11.3 Å². The molecule has 0 fully saturated rings. The predicted octanol–water partition coefficient (Wildman–Crippen LogP) is 1.17. The van der Waals surface area contributed by atoms with Gasteiger partial charge in [0.25, 0.3) is 0 Å². The van der Waals surface area contributed by atoms with E-state index in [1.54, 1.807) is 6.92 Å². The van der Waals surface area contributed by atoms with Crippen LogP contribution in [-0.2, 0) is 11.6 Å². The molecule has 0 aliphatic carbocycles. The molecule has 0 aromatic carbocycles. The Morgan fingerprint density at radius 1 is 1.64 bits per heavy atom. The first-order valence-electron chi connectivity index (χ1n) is 3.12. The van der Waals surface area contributed by atoms with E-state index in [9.17, 15) is 10.1 Å². The van der Waals surface area contributed by atoms with E-state index in [1.807, 2.05) is 6.07 Å². The average Bonchev–Trinajstić information content (AvgIpc) is 2.48. The second kappa shape index (κ2) is 5.95. The fourth-order valence-electron chi connectivity index (χ4n) is 0.697. The molecule has 0 amide bonds. The van der Waals surface area contributed by atoms with Crippen LogP contribution in [0.1, 0.15) is 11.1 Å². The summed E-state index contributed by atoms with van der Waals surface area (Å²) in [6.07, 6.45) is 0. The van der Waals surface area contributed by atoms with Gasteiger partial charge in [-0.15, -0.1) is 0 Å².